The molecule has 7 rings (SSSR count). The molecule has 11 heteroatoms. The van der Waals surface area contributed by atoms with Crippen LogP contribution >= 0.6 is 0 Å². The summed E-state index contributed by atoms with van der Waals surface area (Å²) in [5, 5.41) is 3.45. The smallest absolute Gasteiger partial charge is 0.227 e. The van der Waals surface area contributed by atoms with Crippen LogP contribution in [0.25, 0.3) is 11.0 Å². The van der Waals surface area contributed by atoms with Gasteiger partial charge in [-0.3, -0.25) is 14.9 Å². The fourth-order valence-corrected chi connectivity index (χ4v) is 6.59. The van der Waals surface area contributed by atoms with Crippen LogP contribution in [-0.4, -0.2) is 121 Å². The second-order valence-corrected chi connectivity index (χ2v) is 11.7. The standard InChI is InChI=1S/C29H39N9O2/c1-21-3-4-24(27-26(21)31-7-8-32-27)37-15-22(2)40-23(17-37)16-35-10-12-36(13-11-35)25-5-6-33-28(34-25)38-19-29(20-38)18-30-9-14-39-29/h3-8,22-23,30H,9-20H2,1-2H3/t22-,23+/m1/s1. The summed E-state index contributed by atoms with van der Waals surface area (Å²) < 4.78 is 12.5. The molecule has 1 aromatic carbocycles. The number of nitrogens with zero attached hydrogens (tertiary/aromatic N) is 8. The van der Waals surface area contributed by atoms with Crippen molar-refractivity contribution in [2.24, 2.45) is 0 Å². The van der Waals surface area contributed by atoms with Gasteiger partial charge in [0.15, 0.2) is 0 Å². The predicted molar refractivity (Wildman–Crippen MR) is 155 cm³/mol. The third-order valence-electron chi connectivity index (χ3n) is 8.63. The monoisotopic (exact) mass is 545 g/mol. The summed E-state index contributed by atoms with van der Waals surface area (Å²) in [7, 11) is 0. The lowest BCUT2D eigenvalue weighted by molar-refractivity contribution is -0.0834. The van der Waals surface area contributed by atoms with Crippen molar-refractivity contribution in [2.45, 2.75) is 31.7 Å². The van der Waals surface area contributed by atoms with Gasteiger partial charge in [-0.05, 0) is 31.5 Å². The van der Waals surface area contributed by atoms with E-state index in [0.29, 0.717) is 0 Å². The number of nitrogens with one attached hydrogen (secondary N) is 1. The minimum absolute atomic E-state index is 0.0720. The maximum absolute atomic E-state index is 6.42. The molecule has 0 radical (unpaired) electrons. The summed E-state index contributed by atoms with van der Waals surface area (Å²) in [6, 6.07) is 6.38. The van der Waals surface area contributed by atoms with E-state index < -0.39 is 0 Å². The number of ether oxygens (including phenoxy) is 2. The van der Waals surface area contributed by atoms with Crippen molar-refractivity contribution >= 4 is 28.5 Å². The molecule has 1 spiro atoms. The number of benzene rings is 1. The molecule has 0 aliphatic carbocycles. The van der Waals surface area contributed by atoms with Crippen molar-refractivity contribution < 1.29 is 9.47 Å². The van der Waals surface area contributed by atoms with Crippen molar-refractivity contribution in [3.63, 3.8) is 0 Å². The van der Waals surface area contributed by atoms with Gasteiger partial charge in [0.25, 0.3) is 0 Å². The third kappa shape index (κ3) is 5.07. The first-order valence-electron chi connectivity index (χ1n) is 14.6. The largest absolute Gasteiger partial charge is 0.370 e. The first-order valence-corrected chi connectivity index (χ1v) is 14.6. The van der Waals surface area contributed by atoms with Gasteiger partial charge in [-0.25, -0.2) is 4.98 Å². The Hall–Kier alpha value is -3.12. The quantitative estimate of drug-likeness (QED) is 0.503. The molecular weight excluding hydrogens is 506 g/mol. The Balaban J connectivity index is 0.956. The molecule has 1 N–H and O–H groups in total. The van der Waals surface area contributed by atoms with Crippen molar-refractivity contribution in [1.29, 1.82) is 0 Å². The Labute approximate surface area is 235 Å². The topological polar surface area (TPSA) is 95.0 Å². The number of hydrogen-bond donors (Lipinski definition) is 1. The summed E-state index contributed by atoms with van der Waals surface area (Å²) in [5.41, 5.74) is 4.19. The number of aromatic nitrogens is 4. The van der Waals surface area contributed by atoms with Gasteiger partial charge in [0, 0.05) is 77.5 Å². The van der Waals surface area contributed by atoms with Gasteiger partial charge in [0.1, 0.15) is 16.9 Å². The van der Waals surface area contributed by atoms with E-state index in [0.717, 1.165) is 113 Å². The zero-order chi connectivity index (χ0) is 27.1. The lowest BCUT2D eigenvalue weighted by atomic mass is 9.93. The van der Waals surface area contributed by atoms with Gasteiger partial charge in [-0.2, -0.15) is 4.98 Å². The van der Waals surface area contributed by atoms with E-state index in [4.69, 9.17) is 14.5 Å². The van der Waals surface area contributed by atoms with E-state index in [2.05, 4.69) is 65.8 Å². The highest BCUT2D eigenvalue weighted by molar-refractivity contribution is 5.90. The van der Waals surface area contributed by atoms with Crippen LogP contribution in [0.4, 0.5) is 17.5 Å². The van der Waals surface area contributed by atoms with E-state index in [9.17, 15) is 0 Å². The molecule has 4 aliphatic heterocycles. The molecule has 212 valence electrons. The zero-order valence-corrected chi connectivity index (χ0v) is 23.5. The Morgan fingerprint density at radius 3 is 2.55 bits per heavy atom. The van der Waals surface area contributed by atoms with Crippen LogP contribution in [0.2, 0.25) is 0 Å². The van der Waals surface area contributed by atoms with Crippen molar-refractivity contribution in [2.75, 3.05) is 93.3 Å². The number of morpholine rings is 2. The van der Waals surface area contributed by atoms with E-state index in [1.54, 1.807) is 12.4 Å². The molecule has 3 aromatic rings. The van der Waals surface area contributed by atoms with Crippen LogP contribution in [0, 0.1) is 6.92 Å². The van der Waals surface area contributed by atoms with E-state index in [1.165, 1.54) is 0 Å². The highest BCUT2D eigenvalue weighted by Gasteiger charge is 2.46. The molecule has 2 atom stereocenters. The van der Waals surface area contributed by atoms with Crippen molar-refractivity contribution in [1.82, 2.24) is 30.2 Å². The van der Waals surface area contributed by atoms with E-state index in [-0.39, 0.29) is 17.8 Å². The lowest BCUT2D eigenvalue weighted by Gasteiger charge is -2.51. The zero-order valence-electron chi connectivity index (χ0n) is 23.5. The molecule has 4 aliphatic rings. The van der Waals surface area contributed by atoms with Crippen LogP contribution in [0.15, 0.2) is 36.8 Å². The van der Waals surface area contributed by atoms with Gasteiger partial charge >= 0.3 is 0 Å². The third-order valence-corrected chi connectivity index (χ3v) is 8.63. The molecule has 40 heavy (non-hydrogen) atoms. The Kier molecular flexibility index (Phi) is 6.91. The van der Waals surface area contributed by atoms with Crippen LogP contribution in [0.1, 0.15) is 12.5 Å². The van der Waals surface area contributed by atoms with Gasteiger partial charge in [-0.1, -0.05) is 6.07 Å². The number of aryl methyl sites for hydroxylation is 1. The fourth-order valence-electron chi connectivity index (χ4n) is 6.59. The molecule has 2 aromatic heterocycles. The molecule has 4 saturated heterocycles. The second kappa shape index (κ2) is 10.7. The normalized spacial score (nSPS) is 25.4. The number of hydrogen-bond acceptors (Lipinski definition) is 11. The second-order valence-electron chi connectivity index (χ2n) is 11.7. The van der Waals surface area contributed by atoms with Gasteiger partial charge in [-0.15, -0.1) is 0 Å². The SMILES string of the molecule is Cc1ccc(N2C[C@H](CN3CCN(c4ccnc(N5CC6(CNCCO6)C5)n4)CC3)O[C@H](C)C2)c2nccnc12. The van der Waals surface area contributed by atoms with E-state index >= 15 is 0 Å². The molecule has 11 nitrogen and oxygen atoms in total. The lowest BCUT2D eigenvalue weighted by Crippen LogP contribution is -2.70. The van der Waals surface area contributed by atoms with Gasteiger partial charge in [0.05, 0.1) is 43.1 Å². The fraction of sp³-hybridized carbons (Fsp3) is 0.586. The number of anilines is 3. The van der Waals surface area contributed by atoms with Crippen LogP contribution in [-0.2, 0) is 9.47 Å². The average molecular weight is 546 g/mol. The van der Waals surface area contributed by atoms with Crippen LogP contribution < -0.4 is 20.0 Å². The number of rotatable bonds is 5. The highest BCUT2D eigenvalue weighted by Crippen LogP contribution is 2.31. The number of fused-ring (bicyclic) bond motifs is 1. The van der Waals surface area contributed by atoms with Gasteiger partial charge < -0.3 is 29.5 Å². The predicted octanol–water partition coefficient (Wildman–Crippen LogP) is 1.32. The minimum atomic E-state index is -0.0720. The first-order chi connectivity index (χ1) is 19.6. The summed E-state index contributed by atoms with van der Waals surface area (Å²) in [6.45, 7) is 15.1. The van der Waals surface area contributed by atoms with E-state index in [1.807, 2.05) is 12.3 Å². The molecule has 0 unspecified atom stereocenters. The first kappa shape index (κ1) is 25.8. The molecule has 4 fully saturated rings. The summed E-state index contributed by atoms with van der Waals surface area (Å²) in [6.07, 6.45) is 5.75. The Bertz CT molecular complexity index is 1330. The Morgan fingerprint density at radius 1 is 0.925 bits per heavy atom. The average Bonchev–Trinajstić information content (AvgIpc) is 2.97. The Morgan fingerprint density at radius 2 is 1.75 bits per heavy atom. The van der Waals surface area contributed by atoms with Crippen molar-refractivity contribution in [3.05, 3.63) is 42.4 Å². The van der Waals surface area contributed by atoms with Crippen molar-refractivity contribution in [3.8, 4) is 0 Å². The molecule has 0 saturated carbocycles. The highest BCUT2D eigenvalue weighted by atomic mass is 16.5. The minimum Gasteiger partial charge on any atom is -0.370 e. The summed E-state index contributed by atoms with van der Waals surface area (Å²) in [4.78, 5) is 28.3. The molecule has 0 amide bonds. The van der Waals surface area contributed by atoms with Crippen LogP contribution in [0.3, 0.4) is 0 Å². The molecule has 6 heterocycles. The summed E-state index contributed by atoms with van der Waals surface area (Å²) in [5.74, 6) is 1.81. The number of piperazine rings is 1. The van der Waals surface area contributed by atoms with Gasteiger partial charge in [0.2, 0.25) is 5.95 Å². The maximum atomic E-state index is 6.42. The molecular formula is C29H39N9O2. The summed E-state index contributed by atoms with van der Waals surface area (Å²) >= 11 is 0. The molecule has 0 bridgehead atoms. The maximum Gasteiger partial charge on any atom is 0.227 e. The van der Waals surface area contributed by atoms with Crippen LogP contribution in [0.5, 0.6) is 0 Å².